The van der Waals surface area contributed by atoms with Crippen LogP contribution in [0.25, 0.3) is 0 Å². The Bertz CT molecular complexity index is 187. The van der Waals surface area contributed by atoms with Crippen LogP contribution in [0.5, 0.6) is 0 Å². The minimum absolute atomic E-state index is 0.724. The number of likely N-dealkylation sites (tertiary alicyclic amines) is 1. The van der Waals surface area contributed by atoms with E-state index in [0.717, 1.165) is 19.3 Å². The van der Waals surface area contributed by atoms with E-state index in [0.29, 0.717) is 0 Å². The van der Waals surface area contributed by atoms with Crippen LogP contribution in [-0.2, 0) is 4.74 Å². The van der Waals surface area contributed by atoms with Crippen molar-refractivity contribution in [1.82, 2.24) is 10.2 Å². The number of hydrogen-bond acceptors (Lipinski definition) is 3. The van der Waals surface area contributed by atoms with E-state index in [4.69, 9.17) is 4.74 Å². The first kappa shape index (κ1) is 13.3. The minimum atomic E-state index is 0.724. The molecule has 0 aliphatic carbocycles. The molecule has 0 aromatic carbocycles. The van der Waals surface area contributed by atoms with Crippen molar-refractivity contribution < 1.29 is 4.74 Å². The molecule has 2 aliphatic heterocycles. The van der Waals surface area contributed by atoms with Gasteiger partial charge in [-0.3, -0.25) is 0 Å². The minimum Gasteiger partial charge on any atom is -0.381 e. The first-order valence-corrected chi connectivity index (χ1v) is 7.48. The van der Waals surface area contributed by atoms with Gasteiger partial charge in [-0.1, -0.05) is 6.42 Å². The van der Waals surface area contributed by atoms with Crippen molar-refractivity contribution in [1.29, 1.82) is 0 Å². The molecular weight excluding hydrogens is 212 g/mol. The Labute approximate surface area is 106 Å². The summed E-state index contributed by atoms with van der Waals surface area (Å²) in [6.07, 6.45) is 9.29. The molecule has 1 N–H and O–H groups in total. The maximum absolute atomic E-state index is 5.73. The molecule has 0 bridgehead atoms. The Morgan fingerprint density at radius 2 is 1.94 bits per heavy atom. The van der Waals surface area contributed by atoms with Crippen LogP contribution in [0, 0.1) is 0 Å². The Morgan fingerprint density at radius 3 is 2.71 bits per heavy atom. The number of nitrogens with one attached hydrogen (secondary N) is 1. The second-order valence-corrected chi connectivity index (χ2v) is 5.45. The van der Waals surface area contributed by atoms with Crippen molar-refractivity contribution in [3.8, 4) is 0 Å². The molecule has 1 atom stereocenters. The molecule has 2 rings (SSSR count). The summed E-state index contributed by atoms with van der Waals surface area (Å²) in [5.41, 5.74) is 0. The van der Waals surface area contributed by atoms with Gasteiger partial charge >= 0.3 is 0 Å². The molecule has 3 heteroatoms. The van der Waals surface area contributed by atoms with E-state index < -0.39 is 0 Å². The Kier molecular flexibility index (Phi) is 6.32. The van der Waals surface area contributed by atoms with Gasteiger partial charge in [0.05, 0.1) is 0 Å². The lowest BCUT2D eigenvalue weighted by Gasteiger charge is -2.23. The molecule has 0 spiro atoms. The van der Waals surface area contributed by atoms with Gasteiger partial charge in [0.2, 0.25) is 0 Å². The highest BCUT2D eigenvalue weighted by molar-refractivity contribution is 4.71. The number of nitrogens with zero attached hydrogens (tertiary/aromatic N) is 1. The molecular formula is C14H28N2O. The SMILES string of the molecule is C1CCC(CCOCCCN2CCCC2)NC1. The van der Waals surface area contributed by atoms with Gasteiger partial charge in [-0.15, -0.1) is 0 Å². The summed E-state index contributed by atoms with van der Waals surface area (Å²) in [7, 11) is 0. The van der Waals surface area contributed by atoms with E-state index in [-0.39, 0.29) is 0 Å². The standard InChI is InChI=1S/C14H28N2O/c1-2-8-15-14(6-1)7-13-17-12-5-11-16-9-3-4-10-16/h14-15H,1-13H2. The molecule has 2 fully saturated rings. The van der Waals surface area contributed by atoms with Crippen LogP contribution in [0.2, 0.25) is 0 Å². The van der Waals surface area contributed by atoms with Crippen LogP contribution < -0.4 is 5.32 Å². The average Bonchev–Trinajstić information content (AvgIpc) is 2.88. The van der Waals surface area contributed by atoms with E-state index in [1.54, 1.807) is 0 Å². The van der Waals surface area contributed by atoms with E-state index in [2.05, 4.69) is 10.2 Å². The molecule has 1 unspecified atom stereocenters. The molecule has 17 heavy (non-hydrogen) atoms. The number of piperidine rings is 1. The highest BCUT2D eigenvalue weighted by Crippen LogP contribution is 2.10. The maximum Gasteiger partial charge on any atom is 0.0480 e. The normalized spacial score (nSPS) is 26.5. The van der Waals surface area contributed by atoms with E-state index in [1.807, 2.05) is 0 Å². The van der Waals surface area contributed by atoms with Gasteiger partial charge < -0.3 is 15.0 Å². The number of ether oxygens (including phenoxy) is 1. The molecule has 0 aromatic rings. The summed E-state index contributed by atoms with van der Waals surface area (Å²) in [5.74, 6) is 0. The van der Waals surface area contributed by atoms with E-state index >= 15 is 0 Å². The number of hydrogen-bond donors (Lipinski definition) is 1. The predicted molar refractivity (Wildman–Crippen MR) is 71.4 cm³/mol. The van der Waals surface area contributed by atoms with Crippen molar-refractivity contribution in [2.45, 2.75) is 51.0 Å². The zero-order chi connectivity index (χ0) is 11.8. The van der Waals surface area contributed by atoms with Crippen LogP contribution in [0.3, 0.4) is 0 Å². The van der Waals surface area contributed by atoms with Crippen LogP contribution in [0.15, 0.2) is 0 Å². The van der Waals surface area contributed by atoms with Crippen molar-refractivity contribution in [2.24, 2.45) is 0 Å². The van der Waals surface area contributed by atoms with Crippen LogP contribution >= 0.6 is 0 Å². The van der Waals surface area contributed by atoms with E-state index in [1.165, 1.54) is 71.1 Å². The summed E-state index contributed by atoms with van der Waals surface area (Å²) in [4.78, 5) is 2.56. The fraction of sp³-hybridized carbons (Fsp3) is 1.00. The summed E-state index contributed by atoms with van der Waals surface area (Å²) in [6, 6.07) is 0.724. The average molecular weight is 240 g/mol. The Balaban J connectivity index is 1.38. The van der Waals surface area contributed by atoms with Crippen LogP contribution in [0.4, 0.5) is 0 Å². The van der Waals surface area contributed by atoms with Gasteiger partial charge in [-0.05, 0) is 58.2 Å². The third kappa shape index (κ3) is 5.36. The molecule has 0 amide bonds. The third-order valence-corrected chi connectivity index (χ3v) is 3.98. The van der Waals surface area contributed by atoms with Crippen molar-refractivity contribution >= 4 is 0 Å². The second kappa shape index (κ2) is 8.06. The second-order valence-electron chi connectivity index (χ2n) is 5.45. The van der Waals surface area contributed by atoms with E-state index in [9.17, 15) is 0 Å². The Morgan fingerprint density at radius 1 is 1.06 bits per heavy atom. The van der Waals surface area contributed by atoms with Crippen molar-refractivity contribution in [3.63, 3.8) is 0 Å². The number of rotatable bonds is 7. The van der Waals surface area contributed by atoms with Gasteiger partial charge in [0, 0.05) is 25.8 Å². The molecule has 2 saturated heterocycles. The first-order chi connectivity index (χ1) is 8.45. The largest absolute Gasteiger partial charge is 0.381 e. The summed E-state index contributed by atoms with van der Waals surface area (Å²) in [5, 5.41) is 3.57. The quantitative estimate of drug-likeness (QED) is 0.689. The first-order valence-electron chi connectivity index (χ1n) is 7.48. The van der Waals surface area contributed by atoms with Gasteiger partial charge in [0.1, 0.15) is 0 Å². The van der Waals surface area contributed by atoms with Gasteiger partial charge in [0.15, 0.2) is 0 Å². The monoisotopic (exact) mass is 240 g/mol. The zero-order valence-corrected chi connectivity index (χ0v) is 11.1. The molecule has 3 nitrogen and oxygen atoms in total. The zero-order valence-electron chi connectivity index (χ0n) is 11.1. The lowest BCUT2D eigenvalue weighted by molar-refractivity contribution is 0.112. The van der Waals surface area contributed by atoms with Gasteiger partial charge in [-0.2, -0.15) is 0 Å². The summed E-state index contributed by atoms with van der Waals surface area (Å²) < 4.78 is 5.73. The molecule has 2 heterocycles. The molecule has 0 aromatic heterocycles. The Hall–Kier alpha value is -0.120. The summed E-state index contributed by atoms with van der Waals surface area (Å²) in [6.45, 7) is 6.96. The van der Waals surface area contributed by atoms with Crippen molar-refractivity contribution in [2.75, 3.05) is 39.4 Å². The molecule has 0 saturated carbocycles. The fourth-order valence-electron chi connectivity index (χ4n) is 2.89. The molecule has 0 radical (unpaired) electrons. The predicted octanol–water partition coefficient (Wildman–Crippen LogP) is 2.02. The van der Waals surface area contributed by atoms with Crippen molar-refractivity contribution in [3.05, 3.63) is 0 Å². The lowest BCUT2D eigenvalue weighted by atomic mass is 10.0. The van der Waals surface area contributed by atoms with Crippen LogP contribution in [0.1, 0.15) is 44.9 Å². The molecule has 2 aliphatic rings. The highest BCUT2D eigenvalue weighted by Gasteiger charge is 2.12. The fourth-order valence-corrected chi connectivity index (χ4v) is 2.89. The smallest absolute Gasteiger partial charge is 0.0480 e. The maximum atomic E-state index is 5.73. The molecule has 100 valence electrons. The summed E-state index contributed by atoms with van der Waals surface area (Å²) >= 11 is 0. The topological polar surface area (TPSA) is 24.5 Å². The lowest BCUT2D eigenvalue weighted by Crippen LogP contribution is -2.34. The third-order valence-electron chi connectivity index (χ3n) is 3.98. The highest BCUT2D eigenvalue weighted by atomic mass is 16.5. The van der Waals surface area contributed by atoms with Gasteiger partial charge in [0.25, 0.3) is 0 Å². The van der Waals surface area contributed by atoms with Gasteiger partial charge in [-0.25, -0.2) is 0 Å². The van der Waals surface area contributed by atoms with Crippen LogP contribution in [-0.4, -0.2) is 50.3 Å².